The van der Waals surface area contributed by atoms with Crippen molar-refractivity contribution in [3.05, 3.63) is 87.9 Å². The normalized spacial score (nSPS) is 16.9. The van der Waals surface area contributed by atoms with Crippen LogP contribution < -0.4 is 19.1 Å². The van der Waals surface area contributed by atoms with Crippen molar-refractivity contribution in [1.82, 2.24) is 0 Å². The summed E-state index contributed by atoms with van der Waals surface area (Å²) in [6, 6.07) is 16.2. The topological polar surface area (TPSA) is 85.3 Å². The molecule has 0 radical (unpaired) electrons. The third kappa shape index (κ3) is 4.08. The van der Waals surface area contributed by atoms with E-state index >= 15 is 0 Å². The number of methoxy groups -OCH3 is 3. The van der Waals surface area contributed by atoms with Crippen LogP contribution in [0.25, 0.3) is 5.76 Å². The Morgan fingerprint density at radius 2 is 1.51 bits per heavy atom. The van der Waals surface area contributed by atoms with Crippen molar-refractivity contribution in [2.45, 2.75) is 13.0 Å². The predicted molar refractivity (Wildman–Crippen MR) is 134 cm³/mol. The molecule has 1 saturated heterocycles. The van der Waals surface area contributed by atoms with Gasteiger partial charge in [0.2, 0.25) is 0 Å². The van der Waals surface area contributed by atoms with Gasteiger partial charge in [0, 0.05) is 5.69 Å². The summed E-state index contributed by atoms with van der Waals surface area (Å²) in [5.74, 6) is -1.01. The van der Waals surface area contributed by atoms with E-state index in [0.29, 0.717) is 28.5 Å². The van der Waals surface area contributed by atoms with Gasteiger partial charge in [-0.15, -0.1) is 0 Å². The van der Waals surface area contributed by atoms with Crippen LogP contribution in [0.1, 0.15) is 22.7 Å². The van der Waals surface area contributed by atoms with Gasteiger partial charge in [-0.2, -0.15) is 0 Å². The number of rotatable bonds is 6. The molecule has 0 bridgehead atoms. The van der Waals surface area contributed by atoms with Crippen LogP contribution in [0.15, 0.2) is 66.2 Å². The second-order valence-corrected chi connectivity index (χ2v) is 8.29. The molecule has 0 spiro atoms. The standard InChI is InChI=1S/C27H24ClNO6/c1-15-8-5-6-9-17(15)24-23(25(30)22-20(34-3)10-7-11-21(22)35-4)26(31)27(32)29(24)16-12-13-19(33-2)18(28)14-16/h5-14,24,30H,1-4H3/b25-23+. The number of ketones is 1. The van der Waals surface area contributed by atoms with Gasteiger partial charge in [0.15, 0.2) is 0 Å². The number of hydrogen-bond donors (Lipinski definition) is 1. The lowest BCUT2D eigenvalue weighted by atomic mass is 9.92. The van der Waals surface area contributed by atoms with Gasteiger partial charge in [0.25, 0.3) is 11.7 Å². The Balaban J connectivity index is 2.03. The molecule has 1 fully saturated rings. The summed E-state index contributed by atoms with van der Waals surface area (Å²) in [5.41, 5.74) is 1.99. The van der Waals surface area contributed by atoms with E-state index in [1.165, 1.54) is 26.2 Å². The Hall–Kier alpha value is -3.97. The smallest absolute Gasteiger partial charge is 0.300 e. The monoisotopic (exact) mass is 493 g/mol. The zero-order valence-electron chi connectivity index (χ0n) is 19.7. The molecular formula is C27H24ClNO6. The average Bonchev–Trinajstić information content (AvgIpc) is 3.13. The number of halogens is 1. The summed E-state index contributed by atoms with van der Waals surface area (Å²) < 4.78 is 16.1. The zero-order valence-corrected chi connectivity index (χ0v) is 20.4. The fourth-order valence-corrected chi connectivity index (χ4v) is 4.56. The van der Waals surface area contributed by atoms with Crippen LogP contribution in [-0.4, -0.2) is 38.1 Å². The molecule has 8 heteroatoms. The number of ether oxygens (including phenoxy) is 3. The highest BCUT2D eigenvalue weighted by molar-refractivity contribution is 6.52. The largest absolute Gasteiger partial charge is 0.506 e. The molecule has 3 aromatic rings. The number of aliphatic hydroxyl groups is 1. The lowest BCUT2D eigenvalue weighted by Crippen LogP contribution is -2.29. The number of amides is 1. The second-order valence-electron chi connectivity index (χ2n) is 7.88. The molecule has 1 amide bonds. The van der Waals surface area contributed by atoms with Crippen LogP contribution in [0.4, 0.5) is 5.69 Å². The third-order valence-corrected chi connectivity index (χ3v) is 6.30. The minimum Gasteiger partial charge on any atom is -0.506 e. The summed E-state index contributed by atoms with van der Waals surface area (Å²) in [4.78, 5) is 28.2. The molecule has 1 aliphatic rings. The number of hydrogen-bond acceptors (Lipinski definition) is 6. The maximum absolute atomic E-state index is 13.5. The van der Waals surface area contributed by atoms with E-state index in [4.69, 9.17) is 25.8 Å². The Morgan fingerprint density at radius 1 is 0.886 bits per heavy atom. The molecule has 4 rings (SSSR count). The molecule has 3 aromatic carbocycles. The number of aliphatic hydroxyl groups excluding tert-OH is 1. The summed E-state index contributed by atoms with van der Waals surface area (Å²) in [6.07, 6.45) is 0. The van der Waals surface area contributed by atoms with Gasteiger partial charge in [-0.25, -0.2) is 0 Å². The van der Waals surface area contributed by atoms with Gasteiger partial charge in [-0.3, -0.25) is 14.5 Å². The van der Waals surface area contributed by atoms with Gasteiger partial charge in [0.1, 0.15) is 28.6 Å². The van der Waals surface area contributed by atoms with Gasteiger partial charge in [-0.1, -0.05) is 41.9 Å². The van der Waals surface area contributed by atoms with E-state index in [0.717, 1.165) is 5.56 Å². The highest BCUT2D eigenvalue weighted by atomic mass is 35.5. The van der Waals surface area contributed by atoms with Crippen molar-refractivity contribution in [2.24, 2.45) is 0 Å². The van der Waals surface area contributed by atoms with E-state index in [2.05, 4.69) is 0 Å². The SMILES string of the molecule is COc1ccc(N2C(=O)C(=O)/C(=C(/O)c3c(OC)cccc3OC)C2c2ccccc2C)cc1Cl. The Kier molecular flexibility index (Phi) is 6.71. The fraction of sp³-hybridized carbons (Fsp3) is 0.185. The highest BCUT2D eigenvalue weighted by Crippen LogP contribution is 2.46. The second kappa shape index (κ2) is 9.72. The van der Waals surface area contributed by atoms with Gasteiger partial charge in [0.05, 0.1) is 38.0 Å². The van der Waals surface area contributed by atoms with Crippen LogP contribution in [0.5, 0.6) is 17.2 Å². The summed E-state index contributed by atoms with van der Waals surface area (Å²) in [7, 11) is 4.38. The quantitative estimate of drug-likeness (QED) is 0.285. The highest BCUT2D eigenvalue weighted by Gasteiger charge is 2.48. The Morgan fingerprint density at radius 3 is 2.09 bits per heavy atom. The molecule has 1 atom stereocenters. The van der Waals surface area contributed by atoms with Gasteiger partial charge < -0.3 is 19.3 Å². The molecule has 1 N–H and O–H groups in total. The van der Waals surface area contributed by atoms with E-state index in [-0.39, 0.29) is 16.2 Å². The van der Waals surface area contributed by atoms with E-state index in [1.807, 2.05) is 31.2 Å². The molecular weight excluding hydrogens is 470 g/mol. The van der Waals surface area contributed by atoms with E-state index < -0.39 is 23.5 Å². The molecule has 1 aliphatic heterocycles. The minimum absolute atomic E-state index is 0.0842. The number of Topliss-reactive ketones (excluding diaryl/α,β-unsaturated/α-hetero) is 1. The van der Waals surface area contributed by atoms with E-state index in [1.54, 1.807) is 36.4 Å². The first-order valence-corrected chi connectivity index (χ1v) is 11.1. The average molecular weight is 494 g/mol. The van der Waals surface area contributed by atoms with Crippen molar-refractivity contribution in [2.75, 3.05) is 26.2 Å². The predicted octanol–water partition coefficient (Wildman–Crippen LogP) is 5.30. The number of carbonyl (C=O) groups excluding carboxylic acids is 2. The summed E-state index contributed by atoms with van der Waals surface area (Å²) in [6.45, 7) is 1.88. The molecule has 35 heavy (non-hydrogen) atoms. The van der Waals surface area contributed by atoms with Crippen LogP contribution in [0, 0.1) is 6.92 Å². The number of aryl methyl sites for hydroxylation is 1. The van der Waals surface area contributed by atoms with Crippen LogP contribution in [0.2, 0.25) is 5.02 Å². The first-order valence-electron chi connectivity index (χ1n) is 10.8. The molecule has 1 heterocycles. The number of carbonyl (C=O) groups is 2. The molecule has 180 valence electrons. The van der Waals surface area contributed by atoms with Gasteiger partial charge in [-0.05, 0) is 48.4 Å². The molecule has 0 saturated carbocycles. The zero-order chi connectivity index (χ0) is 25.3. The summed E-state index contributed by atoms with van der Waals surface area (Å²) in [5, 5.41) is 11.8. The number of benzene rings is 3. The summed E-state index contributed by atoms with van der Waals surface area (Å²) >= 11 is 6.35. The minimum atomic E-state index is -0.921. The maximum atomic E-state index is 13.5. The lowest BCUT2D eigenvalue weighted by Gasteiger charge is -2.27. The van der Waals surface area contributed by atoms with Crippen LogP contribution in [-0.2, 0) is 9.59 Å². The molecule has 0 aliphatic carbocycles. The number of nitrogens with zero attached hydrogens (tertiary/aromatic N) is 1. The van der Waals surface area contributed by atoms with Crippen molar-refractivity contribution in [3.63, 3.8) is 0 Å². The first-order chi connectivity index (χ1) is 16.8. The van der Waals surface area contributed by atoms with E-state index in [9.17, 15) is 14.7 Å². The maximum Gasteiger partial charge on any atom is 0.300 e. The third-order valence-electron chi connectivity index (χ3n) is 6.01. The van der Waals surface area contributed by atoms with Gasteiger partial charge >= 0.3 is 0 Å². The Labute approximate surface area is 208 Å². The Bertz CT molecular complexity index is 1330. The van der Waals surface area contributed by atoms with Crippen molar-refractivity contribution in [3.8, 4) is 17.2 Å². The van der Waals surface area contributed by atoms with Crippen molar-refractivity contribution < 1.29 is 28.9 Å². The van der Waals surface area contributed by atoms with Crippen molar-refractivity contribution in [1.29, 1.82) is 0 Å². The molecule has 1 unspecified atom stereocenters. The first kappa shape index (κ1) is 24.2. The molecule has 7 nitrogen and oxygen atoms in total. The van der Waals surface area contributed by atoms with Crippen molar-refractivity contribution >= 4 is 34.7 Å². The van der Waals surface area contributed by atoms with Crippen LogP contribution >= 0.6 is 11.6 Å². The van der Waals surface area contributed by atoms with Crippen LogP contribution in [0.3, 0.4) is 0 Å². The lowest BCUT2D eigenvalue weighted by molar-refractivity contribution is -0.132. The molecule has 0 aromatic heterocycles. The number of anilines is 1. The fourth-order valence-electron chi connectivity index (χ4n) is 4.31.